The van der Waals surface area contributed by atoms with Crippen molar-refractivity contribution in [3.63, 3.8) is 0 Å². The second-order valence-corrected chi connectivity index (χ2v) is 3.54. The molecule has 1 atom stereocenters. The molecule has 0 aliphatic heterocycles. The summed E-state index contributed by atoms with van der Waals surface area (Å²) in [6.45, 7) is -0.254. The number of halogens is 1. The highest BCUT2D eigenvalue weighted by Gasteiger charge is 2.15. The predicted molar refractivity (Wildman–Crippen MR) is 56.6 cm³/mol. The van der Waals surface area contributed by atoms with Crippen molar-refractivity contribution in [1.29, 1.82) is 0 Å². The van der Waals surface area contributed by atoms with E-state index >= 15 is 0 Å². The van der Waals surface area contributed by atoms with Gasteiger partial charge < -0.3 is 15.4 Å². The van der Waals surface area contributed by atoms with Gasteiger partial charge in [0.1, 0.15) is 11.7 Å². The number of hydrogen-bond acceptors (Lipinski definition) is 6. The van der Waals surface area contributed by atoms with Crippen molar-refractivity contribution >= 4 is 11.6 Å². The summed E-state index contributed by atoms with van der Waals surface area (Å²) in [6, 6.07) is 2.67. The van der Waals surface area contributed by atoms with Crippen LogP contribution >= 0.6 is 11.6 Å². The number of hydrogen-bond donors (Lipinski definition) is 2. The third-order valence-electron chi connectivity index (χ3n) is 1.91. The Balaban J connectivity index is 2.28. The van der Waals surface area contributed by atoms with Crippen LogP contribution in [0.1, 0.15) is 11.9 Å². The molecule has 2 aromatic rings. The van der Waals surface area contributed by atoms with Crippen LogP contribution in [0.15, 0.2) is 22.9 Å². The lowest BCUT2D eigenvalue weighted by Crippen LogP contribution is -2.14. The van der Waals surface area contributed by atoms with Crippen LogP contribution in [-0.4, -0.2) is 26.8 Å². The smallest absolute Gasteiger partial charge is 0.246 e. The van der Waals surface area contributed by atoms with E-state index in [1.54, 1.807) is 12.1 Å². The Morgan fingerprint density at radius 1 is 1.50 bits per heavy atom. The van der Waals surface area contributed by atoms with Gasteiger partial charge in [-0.25, -0.2) is 0 Å². The molecule has 0 aromatic carbocycles. The van der Waals surface area contributed by atoms with Gasteiger partial charge >= 0.3 is 0 Å². The molecule has 6 nitrogen and oxygen atoms in total. The lowest BCUT2D eigenvalue weighted by atomic mass is 10.3. The van der Waals surface area contributed by atoms with Gasteiger partial charge in [-0.2, -0.15) is 4.98 Å². The van der Waals surface area contributed by atoms with E-state index in [9.17, 15) is 0 Å². The quantitative estimate of drug-likeness (QED) is 0.823. The lowest BCUT2D eigenvalue weighted by Gasteiger charge is -1.98. The first-order valence-electron chi connectivity index (χ1n) is 4.52. The molecule has 0 radical (unpaired) electrons. The standard InChI is InChI=1S/C9H9ClN4O2/c10-5-1-2-7(12-3-5)8-13-9(16-14-8)6(11)4-15/h1-3,6,15H,4,11H2/t6-/m1/s1. The molecule has 0 aliphatic carbocycles. The SMILES string of the molecule is N[C@H](CO)c1nc(-c2ccc(Cl)cn2)no1. The summed E-state index contributed by atoms with van der Waals surface area (Å²) in [5, 5.41) is 13.0. The van der Waals surface area contributed by atoms with Gasteiger partial charge in [-0.1, -0.05) is 16.8 Å². The maximum Gasteiger partial charge on any atom is 0.246 e. The highest BCUT2D eigenvalue weighted by Crippen LogP contribution is 2.17. The molecule has 2 heterocycles. The number of aromatic nitrogens is 3. The van der Waals surface area contributed by atoms with Crippen molar-refractivity contribution < 1.29 is 9.63 Å². The van der Waals surface area contributed by atoms with Crippen molar-refractivity contribution in [1.82, 2.24) is 15.1 Å². The van der Waals surface area contributed by atoms with Crippen molar-refractivity contribution in [2.24, 2.45) is 5.73 Å². The van der Waals surface area contributed by atoms with Gasteiger partial charge in [-0.15, -0.1) is 0 Å². The number of aliphatic hydroxyl groups excluding tert-OH is 1. The van der Waals surface area contributed by atoms with Crippen LogP contribution in [0.4, 0.5) is 0 Å². The zero-order valence-corrected chi connectivity index (χ0v) is 8.92. The molecule has 84 valence electrons. The van der Waals surface area contributed by atoms with Gasteiger partial charge in [0, 0.05) is 6.20 Å². The number of nitrogens with zero attached hydrogens (tertiary/aromatic N) is 3. The van der Waals surface area contributed by atoms with Crippen LogP contribution in [0.5, 0.6) is 0 Å². The van der Waals surface area contributed by atoms with Crippen molar-refractivity contribution in [3.8, 4) is 11.5 Å². The van der Waals surface area contributed by atoms with E-state index in [1.807, 2.05) is 0 Å². The van der Waals surface area contributed by atoms with Crippen LogP contribution in [0.2, 0.25) is 5.02 Å². The van der Waals surface area contributed by atoms with E-state index in [1.165, 1.54) is 6.20 Å². The molecule has 0 unspecified atom stereocenters. The van der Waals surface area contributed by atoms with Gasteiger partial charge in [-0.3, -0.25) is 4.98 Å². The third kappa shape index (κ3) is 2.19. The molecule has 0 bridgehead atoms. The third-order valence-corrected chi connectivity index (χ3v) is 2.14. The Bertz CT molecular complexity index is 471. The molecule has 0 amide bonds. The second-order valence-electron chi connectivity index (χ2n) is 3.11. The van der Waals surface area contributed by atoms with Gasteiger partial charge in [0.25, 0.3) is 0 Å². The van der Waals surface area contributed by atoms with Crippen LogP contribution in [0.25, 0.3) is 11.5 Å². The zero-order chi connectivity index (χ0) is 11.5. The molecule has 0 fully saturated rings. The number of rotatable bonds is 3. The summed E-state index contributed by atoms with van der Waals surface area (Å²) in [7, 11) is 0. The maximum absolute atomic E-state index is 8.82. The summed E-state index contributed by atoms with van der Waals surface area (Å²) in [4.78, 5) is 8.04. The first kappa shape index (κ1) is 11.0. The first-order valence-corrected chi connectivity index (χ1v) is 4.90. The Morgan fingerprint density at radius 2 is 2.31 bits per heavy atom. The number of nitrogens with two attached hydrogens (primary N) is 1. The zero-order valence-electron chi connectivity index (χ0n) is 8.17. The topological polar surface area (TPSA) is 98.1 Å². The highest BCUT2D eigenvalue weighted by atomic mass is 35.5. The molecule has 7 heteroatoms. The van der Waals surface area contributed by atoms with E-state index < -0.39 is 6.04 Å². The molecule has 0 spiro atoms. The minimum Gasteiger partial charge on any atom is -0.394 e. The average molecular weight is 241 g/mol. The average Bonchev–Trinajstić information content (AvgIpc) is 2.78. The molecular formula is C9H9ClN4O2. The van der Waals surface area contributed by atoms with Gasteiger partial charge in [0.05, 0.1) is 11.6 Å². The number of pyridine rings is 1. The monoisotopic (exact) mass is 240 g/mol. The van der Waals surface area contributed by atoms with Crippen LogP contribution < -0.4 is 5.73 Å². The fourth-order valence-electron chi connectivity index (χ4n) is 1.08. The lowest BCUT2D eigenvalue weighted by molar-refractivity contribution is 0.237. The van der Waals surface area contributed by atoms with E-state index in [-0.39, 0.29) is 12.5 Å². The molecule has 3 N–H and O–H groups in total. The van der Waals surface area contributed by atoms with E-state index in [0.29, 0.717) is 16.5 Å². The van der Waals surface area contributed by atoms with Crippen LogP contribution in [0.3, 0.4) is 0 Å². The van der Waals surface area contributed by atoms with Gasteiger partial charge in [0.15, 0.2) is 0 Å². The number of aliphatic hydroxyl groups is 1. The normalized spacial score (nSPS) is 12.7. The minimum atomic E-state index is -0.673. The van der Waals surface area contributed by atoms with Crippen molar-refractivity contribution in [3.05, 3.63) is 29.2 Å². The van der Waals surface area contributed by atoms with E-state index in [2.05, 4.69) is 15.1 Å². The Morgan fingerprint density at radius 3 is 2.94 bits per heavy atom. The summed E-state index contributed by atoms with van der Waals surface area (Å²) >= 11 is 5.70. The predicted octanol–water partition coefficient (Wildman–Crippen LogP) is 0.777. The Kier molecular flexibility index (Phi) is 3.14. The molecule has 2 aromatic heterocycles. The maximum atomic E-state index is 8.82. The molecule has 0 saturated heterocycles. The Labute approximate surface area is 96.1 Å². The highest BCUT2D eigenvalue weighted by molar-refractivity contribution is 6.30. The van der Waals surface area contributed by atoms with Crippen LogP contribution in [0, 0.1) is 0 Å². The minimum absolute atomic E-state index is 0.175. The summed E-state index contributed by atoms with van der Waals surface area (Å²) in [6.07, 6.45) is 1.49. The molecular weight excluding hydrogens is 232 g/mol. The van der Waals surface area contributed by atoms with E-state index in [0.717, 1.165) is 0 Å². The summed E-state index contributed by atoms with van der Waals surface area (Å²) in [5.74, 6) is 0.491. The molecule has 16 heavy (non-hydrogen) atoms. The second kappa shape index (κ2) is 4.56. The fraction of sp³-hybridized carbons (Fsp3) is 0.222. The van der Waals surface area contributed by atoms with Crippen LogP contribution in [-0.2, 0) is 0 Å². The van der Waals surface area contributed by atoms with Gasteiger partial charge in [-0.05, 0) is 12.1 Å². The van der Waals surface area contributed by atoms with Gasteiger partial charge in [0.2, 0.25) is 11.7 Å². The fourth-order valence-corrected chi connectivity index (χ4v) is 1.19. The molecule has 0 aliphatic rings. The molecule has 2 rings (SSSR count). The molecule has 0 saturated carbocycles. The van der Waals surface area contributed by atoms with Crippen molar-refractivity contribution in [2.45, 2.75) is 6.04 Å². The Hall–Kier alpha value is -1.50. The summed E-state index contributed by atoms with van der Waals surface area (Å²) < 4.78 is 4.88. The first-order chi connectivity index (χ1) is 7.70. The summed E-state index contributed by atoms with van der Waals surface area (Å²) in [5.41, 5.74) is 6.05. The largest absolute Gasteiger partial charge is 0.394 e. The van der Waals surface area contributed by atoms with E-state index in [4.69, 9.17) is 27.0 Å². The van der Waals surface area contributed by atoms with Crippen molar-refractivity contribution in [2.75, 3.05) is 6.61 Å².